The predicted octanol–water partition coefficient (Wildman–Crippen LogP) is 4.56. The second kappa shape index (κ2) is 8.33. The maximum atomic E-state index is 13.4. The lowest BCUT2D eigenvalue weighted by atomic mass is 10.1. The molecule has 1 amide bonds. The third kappa shape index (κ3) is 4.18. The van der Waals surface area contributed by atoms with Crippen molar-refractivity contribution in [2.24, 2.45) is 0 Å². The number of aryl methyl sites for hydroxylation is 1. The van der Waals surface area contributed by atoms with Crippen LogP contribution >= 0.6 is 11.6 Å². The van der Waals surface area contributed by atoms with Crippen LogP contribution in [0, 0.1) is 12.7 Å². The molecule has 3 rings (SSSR count). The molecule has 1 unspecified atom stereocenters. The average molecular weight is 389 g/mol. The van der Waals surface area contributed by atoms with E-state index in [4.69, 9.17) is 20.9 Å². The zero-order valence-corrected chi connectivity index (χ0v) is 15.6. The highest BCUT2D eigenvalue weighted by molar-refractivity contribution is 6.33. The summed E-state index contributed by atoms with van der Waals surface area (Å²) in [4.78, 5) is 12.8. The van der Waals surface area contributed by atoms with Gasteiger partial charge in [-0.05, 0) is 30.7 Å². The molecule has 1 atom stereocenters. The van der Waals surface area contributed by atoms with E-state index in [9.17, 15) is 9.18 Å². The molecule has 3 aromatic rings. The second-order valence-corrected chi connectivity index (χ2v) is 6.34. The number of nitrogens with one attached hydrogen (secondary N) is 1. The third-order valence-corrected chi connectivity index (χ3v) is 4.50. The first-order valence-corrected chi connectivity index (χ1v) is 8.66. The van der Waals surface area contributed by atoms with Crippen LogP contribution in [0.25, 0.3) is 11.3 Å². The standard InChI is InChI=1S/C20H18ClFN2O3/c1-12-18(19(24-27-12)15-8-3-4-9-16(15)21)20(25)23-11-17(26-2)13-6-5-7-14(22)10-13/h3-10,17H,11H2,1-2H3,(H,23,25). The SMILES string of the molecule is COC(CNC(=O)c1c(-c2ccccc2Cl)noc1C)c1cccc(F)c1. The lowest BCUT2D eigenvalue weighted by Crippen LogP contribution is -2.29. The maximum Gasteiger partial charge on any atom is 0.257 e. The van der Waals surface area contributed by atoms with E-state index in [2.05, 4.69) is 10.5 Å². The van der Waals surface area contributed by atoms with Gasteiger partial charge in [0.05, 0.1) is 11.1 Å². The molecule has 0 saturated heterocycles. The third-order valence-electron chi connectivity index (χ3n) is 4.17. The number of hydrogen-bond donors (Lipinski definition) is 1. The van der Waals surface area contributed by atoms with Crippen molar-refractivity contribution >= 4 is 17.5 Å². The Bertz CT molecular complexity index is 958. The van der Waals surface area contributed by atoms with E-state index in [-0.39, 0.29) is 18.3 Å². The van der Waals surface area contributed by atoms with E-state index in [1.165, 1.54) is 19.2 Å². The molecule has 1 aromatic heterocycles. The van der Waals surface area contributed by atoms with Gasteiger partial charge in [-0.25, -0.2) is 4.39 Å². The lowest BCUT2D eigenvalue weighted by Gasteiger charge is -2.16. The molecule has 0 fully saturated rings. The van der Waals surface area contributed by atoms with Crippen LogP contribution in [0.15, 0.2) is 53.1 Å². The molecule has 1 heterocycles. The quantitative estimate of drug-likeness (QED) is 0.672. The van der Waals surface area contributed by atoms with Gasteiger partial charge in [0.2, 0.25) is 0 Å². The molecule has 0 spiro atoms. The van der Waals surface area contributed by atoms with Crippen molar-refractivity contribution in [3.8, 4) is 11.3 Å². The van der Waals surface area contributed by atoms with E-state index in [1.807, 2.05) is 0 Å². The molecule has 0 aliphatic heterocycles. The number of rotatable bonds is 6. The predicted molar refractivity (Wildman–Crippen MR) is 100 cm³/mol. The summed E-state index contributed by atoms with van der Waals surface area (Å²) in [6.45, 7) is 1.81. The fourth-order valence-electron chi connectivity index (χ4n) is 2.79. The summed E-state index contributed by atoms with van der Waals surface area (Å²) in [7, 11) is 1.50. The van der Waals surface area contributed by atoms with Crippen LogP contribution in [-0.4, -0.2) is 24.7 Å². The minimum Gasteiger partial charge on any atom is -0.375 e. The fourth-order valence-corrected chi connectivity index (χ4v) is 3.02. The summed E-state index contributed by atoms with van der Waals surface area (Å²) < 4.78 is 24.0. The van der Waals surface area contributed by atoms with Crippen molar-refractivity contribution in [1.82, 2.24) is 10.5 Å². The summed E-state index contributed by atoms with van der Waals surface area (Å²) in [5.74, 6) is -0.360. The maximum absolute atomic E-state index is 13.4. The molecule has 7 heteroatoms. The highest BCUT2D eigenvalue weighted by Crippen LogP contribution is 2.31. The Balaban J connectivity index is 1.81. The molecule has 2 aromatic carbocycles. The van der Waals surface area contributed by atoms with Gasteiger partial charge in [-0.1, -0.05) is 47.1 Å². The molecule has 140 valence electrons. The summed E-state index contributed by atoms with van der Waals surface area (Å²) in [5, 5.41) is 7.25. The van der Waals surface area contributed by atoms with E-state index in [0.29, 0.717) is 33.2 Å². The Morgan fingerprint density at radius 1 is 1.30 bits per heavy atom. The van der Waals surface area contributed by atoms with Gasteiger partial charge in [0, 0.05) is 19.2 Å². The van der Waals surface area contributed by atoms with Crippen LogP contribution in [0.2, 0.25) is 5.02 Å². The molecule has 5 nitrogen and oxygen atoms in total. The highest BCUT2D eigenvalue weighted by atomic mass is 35.5. The number of methoxy groups -OCH3 is 1. The lowest BCUT2D eigenvalue weighted by molar-refractivity contribution is 0.0826. The molecule has 0 aliphatic rings. The minimum atomic E-state index is -0.492. The smallest absolute Gasteiger partial charge is 0.257 e. The minimum absolute atomic E-state index is 0.158. The van der Waals surface area contributed by atoms with Gasteiger partial charge >= 0.3 is 0 Å². The Morgan fingerprint density at radius 3 is 2.78 bits per heavy atom. The molecular formula is C20H18ClFN2O3. The number of aromatic nitrogens is 1. The normalized spacial score (nSPS) is 12.0. The number of amides is 1. The van der Waals surface area contributed by atoms with Gasteiger partial charge < -0.3 is 14.6 Å². The number of hydrogen-bond acceptors (Lipinski definition) is 4. The van der Waals surface area contributed by atoms with Crippen LogP contribution < -0.4 is 5.32 Å². The van der Waals surface area contributed by atoms with E-state index >= 15 is 0 Å². The first kappa shape index (κ1) is 19.1. The van der Waals surface area contributed by atoms with Crippen molar-refractivity contribution in [3.05, 3.63) is 76.3 Å². The van der Waals surface area contributed by atoms with E-state index in [0.717, 1.165) is 0 Å². The molecular weight excluding hydrogens is 371 g/mol. The van der Waals surface area contributed by atoms with Crippen molar-refractivity contribution in [2.75, 3.05) is 13.7 Å². The number of carbonyl (C=O) groups excluding carboxylic acids is 1. The number of nitrogens with zero attached hydrogens (tertiary/aromatic N) is 1. The molecule has 27 heavy (non-hydrogen) atoms. The molecule has 0 aliphatic carbocycles. The molecule has 0 saturated carbocycles. The zero-order valence-electron chi connectivity index (χ0n) is 14.8. The summed E-state index contributed by atoms with van der Waals surface area (Å²) >= 11 is 6.22. The summed E-state index contributed by atoms with van der Waals surface area (Å²) in [5.41, 5.74) is 1.91. The number of carbonyl (C=O) groups is 1. The van der Waals surface area contributed by atoms with Crippen molar-refractivity contribution in [3.63, 3.8) is 0 Å². The summed E-state index contributed by atoms with van der Waals surface area (Å²) in [6, 6.07) is 13.1. The molecule has 0 radical (unpaired) electrons. The van der Waals surface area contributed by atoms with Gasteiger partial charge in [0.1, 0.15) is 22.8 Å². The Hall–Kier alpha value is -2.70. The van der Waals surface area contributed by atoms with Crippen molar-refractivity contribution < 1.29 is 18.4 Å². The van der Waals surface area contributed by atoms with Crippen LogP contribution in [0.5, 0.6) is 0 Å². The fraction of sp³-hybridized carbons (Fsp3) is 0.200. The Labute approximate surface area is 161 Å². The first-order chi connectivity index (χ1) is 13.0. The van der Waals surface area contributed by atoms with Crippen LogP contribution in [0.3, 0.4) is 0 Å². The van der Waals surface area contributed by atoms with E-state index < -0.39 is 6.10 Å². The second-order valence-electron chi connectivity index (χ2n) is 5.93. The topological polar surface area (TPSA) is 64.4 Å². The van der Waals surface area contributed by atoms with Gasteiger partial charge in [-0.3, -0.25) is 4.79 Å². The number of benzene rings is 2. The van der Waals surface area contributed by atoms with Crippen LogP contribution in [0.1, 0.15) is 27.8 Å². The number of ether oxygens (including phenoxy) is 1. The highest BCUT2D eigenvalue weighted by Gasteiger charge is 2.24. The monoisotopic (exact) mass is 388 g/mol. The molecule has 0 bridgehead atoms. The zero-order chi connectivity index (χ0) is 19.4. The first-order valence-electron chi connectivity index (χ1n) is 8.29. The van der Waals surface area contributed by atoms with Gasteiger partial charge in [-0.15, -0.1) is 0 Å². The average Bonchev–Trinajstić information content (AvgIpc) is 3.04. The molecule has 1 N–H and O–H groups in total. The van der Waals surface area contributed by atoms with E-state index in [1.54, 1.807) is 43.3 Å². The van der Waals surface area contributed by atoms with Crippen LogP contribution in [-0.2, 0) is 4.74 Å². The van der Waals surface area contributed by atoms with Crippen molar-refractivity contribution in [1.29, 1.82) is 0 Å². The largest absolute Gasteiger partial charge is 0.375 e. The Morgan fingerprint density at radius 2 is 2.07 bits per heavy atom. The summed E-state index contributed by atoms with van der Waals surface area (Å²) in [6.07, 6.45) is -0.492. The number of halogens is 2. The van der Waals surface area contributed by atoms with Gasteiger partial charge in [0.25, 0.3) is 5.91 Å². The Kier molecular flexibility index (Phi) is 5.88. The van der Waals surface area contributed by atoms with Crippen LogP contribution in [0.4, 0.5) is 4.39 Å². The van der Waals surface area contributed by atoms with Gasteiger partial charge in [-0.2, -0.15) is 0 Å². The van der Waals surface area contributed by atoms with Gasteiger partial charge in [0.15, 0.2) is 0 Å². The van der Waals surface area contributed by atoms with Crippen molar-refractivity contribution in [2.45, 2.75) is 13.0 Å².